The second-order valence-corrected chi connectivity index (χ2v) is 4.73. The molecule has 2 aromatic heterocycles. The fourth-order valence-corrected chi connectivity index (χ4v) is 2.37. The molecule has 2 rings (SSSR count). The Kier molecular flexibility index (Phi) is 3.14. The monoisotopic (exact) mass is 251 g/mol. The number of nitrogens with one attached hydrogen (secondary N) is 1. The van der Waals surface area contributed by atoms with Crippen LogP contribution in [0.1, 0.15) is 17.0 Å². The Morgan fingerprint density at radius 3 is 2.59 bits per heavy atom. The van der Waals surface area contributed by atoms with Crippen molar-refractivity contribution in [2.45, 2.75) is 20.4 Å². The van der Waals surface area contributed by atoms with Gasteiger partial charge in [0.15, 0.2) is 0 Å². The van der Waals surface area contributed by atoms with Crippen molar-refractivity contribution >= 4 is 16.3 Å². The van der Waals surface area contributed by atoms with Crippen LogP contribution in [0.4, 0.5) is 5.00 Å². The third-order valence-corrected chi connectivity index (χ3v) is 3.46. The van der Waals surface area contributed by atoms with Crippen LogP contribution < -0.4 is 5.43 Å². The largest absolute Gasteiger partial charge is 0.324 e. The third-order valence-electron chi connectivity index (χ3n) is 2.53. The van der Waals surface area contributed by atoms with Crippen molar-refractivity contribution in [1.29, 1.82) is 0 Å². The second-order valence-electron chi connectivity index (χ2n) is 3.84. The highest BCUT2D eigenvalue weighted by Crippen LogP contribution is 2.22. The molecule has 0 atom stereocenters. The van der Waals surface area contributed by atoms with Crippen LogP contribution in [-0.4, -0.2) is 9.60 Å². The van der Waals surface area contributed by atoms with Gasteiger partial charge in [0.05, 0.1) is 11.5 Å². The first-order valence-electron chi connectivity index (χ1n) is 5.18. The van der Waals surface area contributed by atoms with Gasteiger partial charge in [-0.2, -0.15) is 0 Å². The quantitative estimate of drug-likeness (QED) is 0.671. The maximum Gasteiger partial charge on any atom is 0.324 e. The Bertz CT molecular complexity index is 525. The first kappa shape index (κ1) is 11.7. The van der Waals surface area contributed by atoms with Crippen LogP contribution in [0.15, 0.2) is 23.6 Å². The molecule has 5 nitrogen and oxygen atoms in total. The molecule has 0 aliphatic heterocycles. The molecule has 2 aromatic rings. The molecule has 0 spiro atoms. The van der Waals surface area contributed by atoms with E-state index < -0.39 is 0 Å². The minimum absolute atomic E-state index is 0.183. The van der Waals surface area contributed by atoms with Crippen molar-refractivity contribution in [3.8, 4) is 0 Å². The van der Waals surface area contributed by atoms with Gasteiger partial charge in [-0.1, -0.05) is 11.3 Å². The fraction of sp³-hybridized carbons (Fsp3) is 0.273. The van der Waals surface area contributed by atoms with Crippen LogP contribution in [0.25, 0.3) is 0 Å². The van der Waals surface area contributed by atoms with Crippen LogP contribution in [0.3, 0.4) is 0 Å². The molecule has 17 heavy (non-hydrogen) atoms. The number of thiophene rings is 1. The standard InChI is InChI=1S/C11H13N3O2S/c1-8-3-4-9(2)13(8)12-6-10-5-11(14(15)16)17-7-10/h3-5,7,12H,6H2,1-2H3. The van der Waals surface area contributed by atoms with Gasteiger partial charge in [-0.3, -0.25) is 14.8 Å². The van der Waals surface area contributed by atoms with Crippen molar-refractivity contribution in [3.05, 3.63) is 50.6 Å². The Balaban J connectivity index is 2.05. The van der Waals surface area contributed by atoms with Crippen molar-refractivity contribution in [2.24, 2.45) is 0 Å². The molecule has 0 radical (unpaired) electrons. The van der Waals surface area contributed by atoms with E-state index >= 15 is 0 Å². The molecule has 0 bridgehead atoms. The zero-order chi connectivity index (χ0) is 12.4. The van der Waals surface area contributed by atoms with Gasteiger partial charge in [0.25, 0.3) is 0 Å². The normalized spacial score (nSPS) is 10.5. The maximum absolute atomic E-state index is 10.5. The highest BCUT2D eigenvalue weighted by Gasteiger charge is 2.09. The molecular weight excluding hydrogens is 238 g/mol. The van der Waals surface area contributed by atoms with Crippen molar-refractivity contribution in [1.82, 2.24) is 4.68 Å². The van der Waals surface area contributed by atoms with Crippen molar-refractivity contribution in [3.63, 3.8) is 0 Å². The maximum atomic E-state index is 10.5. The number of aromatic nitrogens is 1. The van der Waals surface area contributed by atoms with E-state index in [1.54, 1.807) is 11.4 Å². The summed E-state index contributed by atoms with van der Waals surface area (Å²) < 4.78 is 1.98. The molecule has 0 saturated carbocycles. The van der Waals surface area contributed by atoms with E-state index in [9.17, 15) is 10.1 Å². The third kappa shape index (κ3) is 2.47. The zero-order valence-corrected chi connectivity index (χ0v) is 10.5. The van der Waals surface area contributed by atoms with E-state index in [4.69, 9.17) is 0 Å². The number of aryl methyl sites for hydroxylation is 2. The molecule has 0 aliphatic carbocycles. The summed E-state index contributed by atoms with van der Waals surface area (Å²) in [7, 11) is 0. The minimum Gasteiger partial charge on any atom is -0.321 e. The van der Waals surface area contributed by atoms with Crippen molar-refractivity contribution < 1.29 is 4.92 Å². The van der Waals surface area contributed by atoms with E-state index in [-0.39, 0.29) is 9.92 Å². The van der Waals surface area contributed by atoms with E-state index in [1.165, 1.54) is 0 Å². The van der Waals surface area contributed by atoms with E-state index in [2.05, 4.69) is 5.43 Å². The Morgan fingerprint density at radius 2 is 2.06 bits per heavy atom. The molecule has 2 heterocycles. The summed E-state index contributed by atoms with van der Waals surface area (Å²) in [5, 5.41) is 12.5. The van der Waals surface area contributed by atoms with E-state index in [0.717, 1.165) is 28.3 Å². The summed E-state index contributed by atoms with van der Waals surface area (Å²) in [4.78, 5) is 10.2. The van der Waals surface area contributed by atoms with Gasteiger partial charge in [-0.25, -0.2) is 0 Å². The summed E-state index contributed by atoms with van der Waals surface area (Å²) in [6.45, 7) is 4.60. The highest BCUT2D eigenvalue weighted by atomic mass is 32.1. The molecular formula is C11H13N3O2S. The lowest BCUT2D eigenvalue weighted by Gasteiger charge is -2.11. The molecule has 6 heteroatoms. The van der Waals surface area contributed by atoms with Gasteiger partial charge in [0.2, 0.25) is 0 Å². The predicted octanol–water partition coefficient (Wildman–Crippen LogP) is 2.82. The Labute approximate surface area is 103 Å². The lowest BCUT2D eigenvalue weighted by molar-refractivity contribution is -0.380. The molecule has 90 valence electrons. The van der Waals surface area contributed by atoms with Gasteiger partial charge in [-0.05, 0) is 31.5 Å². The van der Waals surface area contributed by atoms with Gasteiger partial charge in [0, 0.05) is 22.8 Å². The number of rotatable bonds is 4. The lowest BCUT2D eigenvalue weighted by Crippen LogP contribution is -2.16. The predicted molar refractivity (Wildman–Crippen MR) is 67.9 cm³/mol. The molecule has 0 saturated heterocycles. The minimum atomic E-state index is -0.361. The molecule has 1 N–H and O–H groups in total. The first-order chi connectivity index (χ1) is 8.08. The average molecular weight is 251 g/mol. The van der Waals surface area contributed by atoms with Gasteiger partial charge in [0.1, 0.15) is 0 Å². The summed E-state index contributed by atoms with van der Waals surface area (Å²) >= 11 is 1.15. The molecule has 0 amide bonds. The summed E-state index contributed by atoms with van der Waals surface area (Å²) in [5.74, 6) is 0. The van der Waals surface area contributed by atoms with Crippen LogP contribution in [0.2, 0.25) is 0 Å². The Morgan fingerprint density at radius 1 is 1.41 bits per heavy atom. The van der Waals surface area contributed by atoms with Crippen LogP contribution >= 0.6 is 11.3 Å². The Hall–Kier alpha value is -1.82. The lowest BCUT2D eigenvalue weighted by atomic mass is 10.3. The average Bonchev–Trinajstić information content (AvgIpc) is 2.85. The first-order valence-corrected chi connectivity index (χ1v) is 6.06. The van der Waals surface area contributed by atoms with Gasteiger partial charge >= 0.3 is 5.00 Å². The fourth-order valence-electron chi connectivity index (χ4n) is 1.64. The van der Waals surface area contributed by atoms with Gasteiger partial charge < -0.3 is 5.43 Å². The molecule has 0 unspecified atom stereocenters. The molecule has 0 fully saturated rings. The smallest absolute Gasteiger partial charge is 0.321 e. The summed E-state index contributed by atoms with van der Waals surface area (Å²) in [5.41, 5.74) is 6.39. The van der Waals surface area contributed by atoms with Crippen LogP contribution in [0, 0.1) is 24.0 Å². The summed E-state index contributed by atoms with van der Waals surface area (Å²) in [6.07, 6.45) is 0. The molecule has 0 aliphatic rings. The number of nitro groups is 1. The summed E-state index contributed by atoms with van der Waals surface area (Å²) in [6, 6.07) is 5.66. The van der Waals surface area contributed by atoms with Crippen LogP contribution in [0.5, 0.6) is 0 Å². The topological polar surface area (TPSA) is 60.1 Å². The van der Waals surface area contributed by atoms with Crippen LogP contribution in [-0.2, 0) is 6.54 Å². The van der Waals surface area contributed by atoms with E-state index in [1.807, 2.05) is 30.7 Å². The molecule has 0 aromatic carbocycles. The SMILES string of the molecule is Cc1ccc(C)n1NCc1csc([N+](=O)[O-])c1. The number of hydrogen-bond donors (Lipinski definition) is 1. The number of hydrogen-bond acceptors (Lipinski definition) is 4. The van der Waals surface area contributed by atoms with Gasteiger partial charge in [-0.15, -0.1) is 0 Å². The number of nitrogens with zero attached hydrogens (tertiary/aromatic N) is 2. The highest BCUT2D eigenvalue weighted by molar-refractivity contribution is 7.13. The van der Waals surface area contributed by atoms with Crippen molar-refractivity contribution in [2.75, 3.05) is 5.43 Å². The zero-order valence-electron chi connectivity index (χ0n) is 9.64. The van der Waals surface area contributed by atoms with E-state index in [0.29, 0.717) is 6.54 Å². The second kappa shape index (κ2) is 4.58.